The van der Waals surface area contributed by atoms with Crippen molar-refractivity contribution in [2.75, 3.05) is 5.32 Å². The number of rotatable bonds is 3. The summed E-state index contributed by atoms with van der Waals surface area (Å²) in [6.07, 6.45) is -1.71. The maximum Gasteiger partial charge on any atom is 0.433 e. The van der Waals surface area contributed by atoms with E-state index in [2.05, 4.69) is 20.3 Å². The molecule has 2 heterocycles. The number of alkyl halides is 3. The molecule has 2 aromatic heterocycles. The number of halogens is 3. The minimum Gasteiger partial charge on any atom is -0.324 e. The third-order valence-electron chi connectivity index (χ3n) is 3.14. The van der Waals surface area contributed by atoms with Crippen molar-refractivity contribution in [3.8, 4) is 10.4 Å². The van der Waals surface area contributed by atoms with E-state index >= 15 is 0 Å². The summed E-state index contributed by atoms with van der Waals surface area (Å²) in [5.41, 5.74) is 3.20. The fourth-order valence-corrected chi connectivity index (χ4v) is 2.88. The van der Waals surface area contributed by atoms with Crippen LogP contribution in [0.25, 0.3) is 10.4 Å². The largest absolute Gasteiger partial charge is 0.433 e. The minimum atomic E-state index is -4.51. The molecule has 1 N–H and O–H groups in total. The van der Waals surface area contributed by atoms with Gasteiger partial charge in [-0.15, -0.1) is 11.3 Å². The molecule has 0 unspecified atom stereocenters. The van der Waals surface area contributed by atoms with Crippen LogP contribution in [0.5, 0.6) is 0 Å². The smallest absolute Gasteiger partial charge is 0.324 e. The van der Waals surface area contributed by atoms with Gasteiger partial charge in [0.25, 0.3) is 0 Å². The van der Waals surface area contributed by atoms with Crippen LogP contribution in [0.1, 0.15) is 11.3 Å². The van der Waals surface area contributed by atoms with Crippen molar-refractivity contribution < 1.29 is 13.2 Å². The molecule has 3 rings (SSSR count). The Balaban J connectivity index is 2.00. The molecule has 0 atom stereocenters. The Labute approximate surface area is 134 Å². The maximum atomic E-state index is 12.7. The number of benzene rings is 1. The van der Waals surface area contributed by atoms with Crippen LogP contribution in [-0.2, 0) is 6.18 Å². The average Bonchev–Trinajstić information content (AvgIpc) is 3.01. The van der Waals surface area contributed by atoms with E-state index in [1.165, 1.54) is 11.3 Å². The molecule has 1 aromatic carbocycles. The lowest BCUT2D eigenvalue weighted by molar-refractivity contribution is -0.141. The Morgan fingerprint density at radius 3 is 2.70 bits per heavy atom. The van der Waals surface area contributed by atoms with Crippen LogP contribution >= 0.6 is 11.3 Å². The van der Waals surface area contributed by atoms with E-state index in [4.69, 9.17) is 0 Å². The first-order chi connectivity index (χ1) is 10.9. The van der Waals surface area contributed by atoms with Crippen molar-refractivity contribution in [3.63, 3.8) is 0 Å². The second-order valence-corrected chi connectivity index (χ2v) is 5.64. The van der Waals surface area contributed by atoms with Crippen LogP contribution in [0.2, 0.25) is 0 Å². The fraction of sp³-hybridized carbons (Fsp3) is 0.133. The second-order valence-electron chi connectivity index (χ2n) is 4.75. The van der Waals surface area contributed by atoms with Gasteiger partial charge in [0.05, 0.1) is 10.4 Å². The summed E-state index contributed by atoms with van der Waals surface area (Å²) in [4.78, 5) is 12.4. The van der Waals surface area contributed by atoms with Gasteiger partial charge in [-0.05, 0) is 24.6 Å². The molecular formula is C15H11F3N4S. The van der Waals surface area contributed by atoms with E-state index in [1.54, 1.807) is 17.8 Å². The van der Waals surface area contributed by atoms with Crippen LogP contribution in [0.4, 0.5) is 24.8 Å². The SMILES string of the molecule is Cc1cccc(Nc2nccc(C(F)(F)F)n2)c1-c1cncs1. The fourth-order valence-electron chi connectivity index (χ4n) is 2.14. The number of hydrogen-bond acceptors (Lipinski definition) is 5. The highest BCUT2D eigenvalue weighted by molar-refractivity contribution is 7.13. The zero-order valence-corrected chi connectivity index (χ0v) is 12.7. The van der Waals surface area contributed by atoms with E-state index in [9.17, 15) is 13.2 Å². The van der Waals surface area contributed by atoms with Gasteiger partial charge in [-0.3, -0.25) is 4.98 Å². The summed E-state index contributed by atoms with van der Waals surface area (Å²) in [5.74, 6) is -0.101. The summed E-state index contributed by atoms with van der Waals surface area (Å²) in [5, 5.41) is 2.87. The summed E-state index contributed by atoms with van der Waals surface area (Å²) in [7, 11) is 0. The van der Waals surface area contributed by atoms with Crippen LogP contribution < -0.4 is 5.32 Å². The van der Waals surface area contributed by atoms with Crippen molar-refractivity contribution >= 4 is 23.0 Å². The molecule has 0 fully saturated rings. The lowest BCUT2D eigenvalue weighted by Gasteiger charge is -2.13. The first-order valence-corrected chi connectivity index (χ1v) is 7.49. The van der Waals surface area contributed by atoms with Crippen molar-refractivity contribution in [2.45, 2.75) is 13.1 Å². The van der Waals surface area contributed by atoms with Crippen molar-refractivity contribution in [1.82, 2.24) is 15.0 Å². The first kappa shape index (κ1) is 15.4. The van der Waals surface area contributed by atoms with Gasteiger partial charge in [0.2, 0.25) is 5.95 Å². The van der Waals surface area contributed by atoms with Crippen molar-refractivity contribution in [3.05, 3.63) is 53.4 Å². The van der Waals surface area contributed by atoms with Gasteiger partial charge in [0, 0.05) is 23.6 Å². The second kappa shape index (κ2) is 5.96. The van der Waals surface area contributed by atoms with Gasteiger partial charge in [-0.2, -0.15) is 13.2 Å². The summed E-state index contributed by atoms with van der Waals surface area (Å²) in [6.45, 7) is 1.92. The van der Waals surface area contributed by atoms with E-state index < -0.39 is 11.9 Å². The third-order valence-corrected chi connectivity index (χ3v) is 3.93. The Hall–Kier alpha value is -2.48. The number of nitrogens with one attached hydrogen (secondary N) is 1. The van der Waals surface area contributed by atoms with Gasteiger partial charge in [-0.1, -0.05) is 12.1 Å². The number of thiazole rings is 1. The Morgan fingerprint density at radius 1 is 1.17 bits per heavy atom. The van der Waals surface area contributed by atoms with E-state index in [0.717, 1.165) is 28.3 Å². The zero-order valence-electron chi connectivity index (χ0n) is 11.9. The number of nitrogens with zero attached hydrogens (tertiary/aromatic N) is 3. The molecule has 0 bridgehead atoms. The van der Waals surface area contributed by atoms with Gasteiger partial charge in [0.15, 0.2) is 0 Å². The highest BCUT2D eigenvalue weighted by Gasteiger charge is 2.32. The van der Waals surface area contributed by atoms with E-state index in [1.807, 2.05) is 19.1 Å². The predicted molar refractivity (Wildman–Crippen MR) is 82.6 cm³/mol. The molecule has 0 aliphatic carbocycles. The van der Waals surface area contributed by atoms with E-state index in [0.29, 0.717) is 5.69 Å². The van der Waals surface area contributed by atoms with Crippen LogP contribution in [0.15, 0.2) is 42.2 Å². The molecule has 118 valence electrons. The number of anilines is 2. The molecule has 0 aliphatic heterocycles. The number of hydrogen-bond donors (Lipinski definition) is 1. The normalized spacial score (nSPS) is 11.5. The molecule has 0 aliphatic rings. The molecule has 0 radical (unpaired) electrons. The summed E-state index contributed by atoms with van der Waals surface area (Å²) < 4.78 is 38.2. The molecule has 3 aromatic rings. The number of aromatic nitrogens is 3. The molecule has 8 heteroatoms. The highest BCUT2D eigenvalue weighted by atomic mass is 32.1. The van der Waals surface area contributed by atoms with Crippen molar-refractivity contribution in [1.29, 1.82) is 0 Å². The Morgan fingerprint density at radius 2 is 2.00 bits per heavy atom. The molecule has 0 amide bonds. The monoisotopic (exact) mass is 336 g/mol. The zero-order chi connectivity index (χ0) is 16.4. The van der Waals surface area contributed by atoms with Gasteiger partial charge in [0.1, 0.15) is 5.69 Å². The standard InChI is InChI=1S/C15H11F3N4S/c1-9-3-2-4-10(13(9)11-7-19-8-23-11)21-14-20-6-5-12(22-14)15(16,17)18/h2-8H,1H3,(H,20,21,22). The molecule has 23 heavy (non-hydrogen) atoms. The lowest BCUT2D eigenvalue weighted by Crippen LogP contribution is -2.10. The average molecular weight is 336 g/mol. The molecule has 4 nitrogen and oxygen atoms in total. The van der Waals surface area contributed by atoms with Crippen LogP contribution in [0, 0.1) is 6.92 Å². The molecular weight excluding hydrogens is 325 g/mol. The third kappa shape index (κ3) is 3.31. The molecule has 0 spiro atoms. The maximum absolute atomic E-state index is 12.7. The predicted octanol–water partition coefficient (Wildman–Crippen LogP) is 4.67. The summed E-state index contributed by atoms with van der Waals surface area (Å²) in [6, 6.07) is 6.35. The van der Waals surface area contributed by atoms with E-state index in [-0.39, 0.29) is 5.95 Å². The topological polar surface area (TPSA) is 50.7 Å². The van der Waals surface area contributed by atoms with Crippen molar-refractivity contribution in [2.24, 2.45) is 0 Å². The Bertz CT molecular complexity index is 816. The van der Waals surface area contributed by atoms with Gasteiger partial charge < -0.3 is 5.32 Å². The minimum absolute atomic E-state index is 0.101. The van der Waals surface area contributed by atoms with Crippen LogP contribution in [-0.4, -0.2) is 15.0 Å². The van der Waals surface area contributed by atoms with Gasteiger partial charge >= 0.3 is 6.18 Å². The van der Waals surface area contributed by atoms with Crippen LogP contribution in [0.3, 0.4) is 0 Å². The summed E-state index contributed by atoms with van der Waals surface area (Å²) >= 11 is 1.45. The van der Waals surface area contributed by atoms with Gasteiger partial charge in [-0.25, -0.2) is 9.97 Å². The molecule has 0 saturated heterocycles. The Kier molecular flexibility index (Phi) is 3.99. The highest BCUT2D eigenvalue weighted by Crippen LogP contribution is 2.35. The quantitative estimate of drug-likeness (QED) is 0.755. The first-order valence-electron chi connectivity index (χ1n) is 6.61. The molecule has 0 saturated carbocycles. The number of aryl methyl sites for hydroxylation is 1. The lowest BCUT2D eigenvalue weighted by atomic mass is 10.1.